The smallest absolute Gasteiger partial charge is 0.263 e. The third-order valence-corrected chi connectivity index (χ3v) is 6.22. The number of nitrogens with one attached hydrogen (secondary N) is 1. The Bertz CT molecular complexity index is 739. The van der Waals surface area contributed by atoms with Crippen molar-refractivity contribution in [2.45, 2.75) is 25.3 Å². The highest BCUT2D eigenvalue weighted by Gasteiger charge is 2.23. The molecule has 3 N–H and O–H groups in total. The molecule has 0 atom stereocenters. The van der Waals surface area contributed by atoms with Crippen molar-refractivity contribution >= 4 is 38.6 Å². The molecule has 0 aliphatic heterocycles. The maximum Gasteiger partial charge on any atom is 0.263 e. The monoisotopic (exact) mass is 330 g/mol. The molecule has 0 unspecified atom stereocenters. The molecule has 20 heavy (non-hydrogen) atoms. The molecular weight excluding hydrogens is 316 g/mol. The number of benzene rings is 1. The first-order valence-corrected chi connectivity index (χ1v) is 8.66. The van der Waals surface area contributed by atoms with Gasteiger partial charge in [-0.25, -0.2) is 8.42 Å². The van der Waals surface area contributed by atoms with Crippen LogP contribution in [0.25, 0.3) is 0 Å². The fourth-order valence-corrected chi connectivity index (χ4v) is 4.91. The fourth-order valence-electron chi connectivity index (χ4n) is 1.90. The third kappa shape index (κ3) is 2.83. The van der Waals surface area contributed by atoms with Crippen molar-refractivity contribution in [3.05, 3.63) is 44.6 Å². The van der Waals surface area contributed by atoms with E-state index in [9.17, 15) is 8.42 Å². The summed E-state index contributed by atoms with van der Waals surface area (Å²) in [5, 5.41) is 2.31. The van der Waals surface area contributed by atoms with Gasteiger partial charge in [0, 0.05) is 16.4 Å². The van der Waals surface area contributed by atoms with Crippen molar-refractivity contribution in [1.82, 2.24) is 0 Å². The largest absolute Gasteiger partial charge is 0.326 e. The van der Waals surface area contributed by atoms with Crippen LogP contribution < -0.4 is 10.5 Å². The van der Waals surface area contributed by atoms with E-state index in [4.69, 9.17) is 17.3 Å². The molecule has 0 spiro atoms. The summed E-state index contributed by atoms with van der Waals surface area (Å²) in [4.78, 5) is 0.916. The van der Waals surface area contributed by atoms with Crippen LogP contribution in [-0.2, 0) is 16.6 Å². The van der Waals surface area contributed by atoms with Crippen molar-refractivity contribution in [3.63, 3.8) is 0 Å². The number of sulfonamides is 1. The number of hydrogen-bond donors (Lipinski definition) is 2. The molecule has 2 aromatic rings. The summed E-state index contributed by atoms with van der Waals surface area (Å²) in [6.45, 7) is 3.73. The molecule has 1 aromatic carbocycles. The number of hydrogen-bond acceptors (Lipinski definition) is 4. The van der Waals surface area contributed by atoms with Gasteiger partial charge in [-0.05, 0) is 42.5 Å². The molecular formula is C13H15ClN2O2S2. The first-order valence-electron chi connectivity index (χ1n) is 5.91. The van der Waals surface area contributed by atoms with Crippen molar-refractivity contribution in [2.24, 2.45) is 5.73 Å². The van der Waals surface area contributed by atoms with Gasteiger partial charge < -0.3 is 5.73 Å². The summed E-state index contributed by atoms with van der Waals surface area (Å²) in [5.41, 5.74) is 7.47. The van der Waals surface area contributed by atoms with Crippen LogP contribution in [0.4, 0.5) is 5.69 Å². The second kappa shape index (κ2) is 5.73. The molecule has 1 aromatic heterocycles. The topological polar surface area (TPSA) is 72.2 Å². The molecule has 0 amide bonds. The van der Waals surface area contributed by atoms with Gasteiger partial charge in [0.25, 0.3) is 10.0 Å². The lowest BCUT2D eigenvalue weighted by molar-refractivity contribution is 0.600. The molecule has 2 rings (SSSR count). The molecule has 0 fully saturated rings. The average molecular weight is 331 g/mol. The summed E-state index contributed by atoms with van der Waals surface area (Å²) in [5.74, 6) is 0. The second-order valence-electron chi connectivity index (χ2n) is 4.39. The number of thiophene rings is 1. The van der Waals surface area contributed by atoms with Gasteiger partial charge in [-0.2, -0.15) is 0 Å². The Hall–Kier alpha value is -1.08. The zero-order valence-electron chi connectivity index (χ0n) is 11.1. The summed E-state index contributed by atoms with van der Waals surface area (Å²) < 4.78 is 27.6. The number of nitrogens with two attached hydrogens (primary N) is 1. The minimum Gasteiger partial charge on any atom is -0.326 e. The maximum absolute atomic E-state index is 12.5. The summed E-state index contributed by atoms with van der Waals surface area (Å²) in [6, 6.07) is 5.11. The minimum absolute atomic E-state index is 0.198. The lowest BCUT2D eigenvalue weighted by atomic mass is 10.2. The summed E-state index contributed by atoms with van der Waals surface area (Å²) in [6.07, 6.45) is 0. The summed E-state index contributed by atoms with van der Waals surface area (Å²) >= 11 is 7.36. The first-order chi connectivity index (χ1) is 9.36. The SMILES string of the molecule is Cc1csc(CN)c1S(=O)(=O)Nc1cccc(Cl)c1C. The molecule has 7 heteroatoms. The van der Waals surface area contributed by atoms with E-state index in [0.717, 1.165) is 0 Å². The lowest BCUT2D eigenvalue weighted by Crippen LogP contribution is -2.16. The van der Waals surface area contributed by atoms with Gasteiger partial charge in [-0.15, -0.1) is 11.3 Å². The van der Waals surface area contributed by atoms with Gasteiger partial charge in [-0.1, -0.05) is 17.7 Å². The van der Waals surface area contributed by atoms with E-state index in [0.29, 0.717) is 26.7 Å². The molecule has 108 valence electrons. The zero-order chi connectivity index (χ0) is 14.9. The molecule has 0 bridgehead atoms. The molecule has 0 radical (unpaired) electrons. The second-order valence-corrected chi connectivity index (χ2v) is 7.38. The van der Waals surface area contributed by atoms with Gasteiger partial charge in [0.15, 0.2) is 0 Å². The molecule has 0 aliphatic carbocycles. The quantitative estimate of drug-likeness (QED) is 0.903. The van der Waals surface area contributed by atoms with E-state index in [1.807, 2.05) is 0 Å². The summed E-state index contributed by atoms with van der Waals surface area (Å²) in [7, 11) is -3.66. The highest BCUT2D eigenvalue weighted by Crippen LogP contribution is 2.30. The van der Waals surface area contributed by atoms with Gasteiger partial charge >= 0.3 is 0 Å². The van der Waals surface area contributed by atoms with E-state index in [2.05, 4.69) is 4.72 Å². The third-order valence-electron chi connectivity index (χ3n) is 2.96. The van der Waals surface area contributed by atoms with Crippen LogP contribution in [0.3, 0.4) is 0 Å². The van der Waals surface area contributed by atoms with Crippen molar-refractivity contribution in [1.29, 1.82) is 0 Å². The van der Waals surface area contributed by atoms with Gasteiger partial charge in [0.1, 0.15) is 4.90 Å². The molecule has 1 heterocycles. The predicted molar refractivity (Wildman–Crippen MR) is 83.9 cm³/mol. The van der Waals surface area contributed by atoms with Crippen LogP contribution >= 0.6 is 22.9 Å². The van der Waals surface area contributed by atoms with Crippen molar-refractivity contribution in [3.8, 4) is 0 Å². The van der Waals surface area contributed by atoms with E-state index in [-0.39, 0.29) is 11.4 Å². The Morgan fingerprint density at radius 1 is 1.35 bits per heavy atom. The van der Waals surface area contributed by atoms with Gasteiger partial charge in [-0.3, -0.25) is 4.72 Å². The highest BCUT2D eigenvalue weighted by molar-refractivity contribution is 7.93. The minimum atomic E-state index is -3.66. The van der Waals surface area contributed by atoms with E-state index >= 15 is 0 Å². The number of aryl methyl sites for hydroxylation is 1. The molecule has 0 saturated heterocycles. The van der Waals surface area contributed by atoms with Crippen LogP contribution in [0.5, 0.6) is 0 Å². The number of anilines is 1. The van der Waals surface area contributed by atoms with E-state index < -0.39 is 10.0 Å². The van der Waals surface area contributed by atoms with Crippen LogP contribution in [0.2, 0.25) is 5.02 Å². The molecule has 0 aliphatic rings. The van der Waals surface area contributed by atoms with Gasteiger partial charge in [0.05, 0.1) is 5.69 Å². The maximum atomic E-state index is 12.5. The van der Waals surface area contributed by atoms with Crippen LogP contribution in [0.15, 0.2) is 28.5 Å². The van der Waals surface area contributed by atoms with Crippen molar-refractivity contribution < 1.29 is 8.42 Å². The van der Waals surface area contributed by atoms with Crippen molar-refractivity contribution in [2.75, 3.05) is 4.72 Å². The first kappa shape index (κ1) is 15.3. The Kier molecular flexibility index (Phi) is 4.39. The average Bonchev–Trinajstić information content (AvgIpc) is 2.77. The normalized spacial score (nSPS) is 11.6. The fraction of sp³-hybridized carbons (Fsp3) is 0.231. The highest BCUT2D eigenvalue weighted by atomic mass is 35.5. The molecule has 4 nitrogen and oxygen atoms in total. The van der Waals surface area contributed by atoms with Crippen LogP contribution in [0, 0.1) is 13.8 Å². The zero-order valence-corrected chi connectivity index (χ0v) is 13.5. The number of rotatable bonds is 4. The van der Waals surface area contributed by atoms with Crippen LogP contribution in [-0.4, -0.2) is 8.42 Å². The number of halogens is 1. The standard InChI is InChI=1S/C13H15ClN2O2S2/c1-8-7-19-12(6-15)13(8)20(17,18)16-11-5-3-4-10(14)9(11)2/h3-5,7,16H,6,15H2,1-2H3. The Morgan fingerprint density at radius 2 is 2.05 bits per heavy atom. The predicted octanol–water partition coefficient (Wildman–Crippen LogP) is 3.28. The Labute approximate surface area is 127 Å². The molecule has 0 saturated carbocycles. The van der Waals surface area contributed by atoms with Crippen LogP contribution in [0.1, 0.15) is 16.0 Å². The van der Waals surface area contributed by atoms with Gasteiger partial charge in [0.2, 0.25) is 0 Å². The van der Waals surface area contributed by atoms with E-state index in [1.165, 1.54) is 11.3 Å². The Balaban J connectivity index is 2.46. The van der Waals surface area contributed by atoms with E-state index in [1.54, 1.807) is 37.4 Å². The Morgan fingerprint density at radius 3 is 2.70 bits per heavy atom. The lowest BCUT2D eigenvalue weighted by Gasteiger charge is -2.12.